The molecular weight excluding hydrogens is 228 g/mol. The van der Waals surface area contributed by atoms with Gasteiger partial charge in [0.25, 0.3) is 5.69 Å². The molecule has 1 rings (SSSR count). The highest BCUT2D eigenvalue weighted by molar-refractivity contribution is 5.85. The van der Waals surface area contributed by atoms with Crippen molar-refractivity contribution in [2.24, 2.45) is 0 Å². The molecule has 0 saturated carbocycles. The molecule has 1 atom stereocenters. The molecule has 0 fully saturated rings. The third-order valence-corrected chi connectivity index (χ3v) is 2.22. The van der Waals surface area contributed by atoms with Crippen molar-refractivity contribution in [2.75, 3.05) is 6.54 Å². The van der Waals surface area contributed by atoms with Crippen LogP contribution in [0.1, 0.15) is 19.4 Å². The summed E-state index contributed by atoms with van der Waals surface area (Å²) in [5.74, 6) is 0. The number of hydrogen-bond donors (Lipinski definition) is 1. The van der Waals surface area contributed by atoms with Crippen LogP contribution < -0.4 is 5.32 Å². The van der Waals surface area contributed by atoms with Crippen molar-refractivity contribution < 1.29 is 4.92 Å². The summed E-state index contributed by atoms with van der Waals surface area (Å²) in [6, 6.07) is 7.14. The second kappa shape index (κ2) is 7.19. The fourth-order valence-electron chi connectivity index (χ4n) is 1.57. The molecule has 0 saturated heterocycles. The number of likely N-dealkylation sites (N-methyl/N-ethyl adjacent to an activating group) is 1. The van der Waals surface area contributed by atoms with Crippen LogP contribution in [-0.2, 0) is 6.42 Å². The van der Waals surface area contributed by atoms with E-state index in [1.54, 1.807) is 12.1 Å². The van der Waals surface area contributed by atoms with E-state index in [0.717, 1.165) is 18.5 Å². The van der Waals surface area contributed by atoms with E-state index in [4.69, 9.17) is 0 Å². The Balaban J connectivity index is 0.00000225. The second-order valence-corrected chi connectivity index (χ2v) is 3.59. The Kier molecular flexibility index (Phi) is 6.69. The molecule has 0 aromatic heterocycles. The van der Waals surface area contributed by atoms with Crippen molar-refractivity contribution >= 4 is 18.1 Å². The average Bonchev–Trinajstić information content (AvgIpc) is 2.18. The fraction of sp³-hybridized carbons (Fsp3) is 0.455. The molecule has 0 aliphatic heterocycles. The monoisotopic (exact) mass is 244 g/mol. The van der Waals surface area contributed by atoms with Crippen LogP contribution in [-0.4, -0.2) is 17.5 Å². The SMILES string of the molecule is CCNC(C)Cc1cccc([N+](=O)[O-])c1.Cl. The largest absolute Gasteiger partial charge is 0.314 e. The molecule has 1 N–H and O–H groups in total. The van der Waals surface area contributed by atoms with Gasteiger partial charge in [0, 0.05) is 18.2 Å². The first-order chi connectivity index (χ1) is 7.13. The number of benzene rings is 1. The fourth-order valence-corrected chi connectivity index (χ4v) is 1.57. The summed E-state index contributed by atoms with van der Waals surface area (Å²) in [4.78, 5) is 10.2. The zero-order chi connectivity index (χ0) is 11.3. The first kappa shape index (κ1) is 14.9. The first-order valence-corrected chi connectivity index (χ1v) is 5.10. The number of nitrogens with zero attached hydrogens (tertiary/aromatic N) is 1. The number of rotatable bonds is 5. The molecule has 1 aromatic rings. The van der Waals surface area contributed by atoms with Crippen LogP contribution in [0.25, 0.3) is 0 Å². The molecule has 16 heavy (non-hydrogen) atoms. The molecular formula is C11H17ClN2O2. The summed E-state index contributed by atoms with van der Waals surface area (Å²) in [7, 11) is 0. The molecule has 0 bridgehead atoms. The van der Waals surface area contributed by atoms with Gasteiger partial charge in [-0.1, -0.05) is 19.1 Å². The Bertz CT molecular complexity index is 345. The maximum absolute atomic E-state index is 10.6. The molecule has 0 aliphatic rings. The predicted molar refractivity (Wildman–Crippen MR) is 67.2 cm³/mol. The molecule has 0 aliphatic carbocycles. The maximum atomic E-state index is 10.6. The van der Waals surface area contributed by atoms with E-state index >= 15 is 0 Å². The van der Waals surface area contributed by atoms with Gasteiger partial charge in [-0.2, -0.15) is 0 Å². The molecule has 0 spiro atoms. The van der Waals surface area contributed by atoms with Crippen molar-refractivity contribution in [1.29, 1.82) is 0 Å². The van der Waals surface area contributed by atoms with Crippen molar-refractivity contribution in [1.82, 2.24) is 5.32 Å². The maximum Gasteiger partial charge on any atom is 0.269 e. The highest BCUT2D eigenvalue weighted by Gasteiger charge is 2.07. The molecule has 0 heterocycles. The summed E-state index contributed by atoms with van der Waals surface area (Å²) in [6.07, 6.45) is 0.815. The normalized spacial score (nSPS) is 11.6. The molecule has 1 aromatic carbocycles. The van der Waals surface area contributed by atoms with Crippen LogP contribution >= 0.6 is 12.4 Å². The zero-order valence-corrected chi connectivity index (χ0v) is 10.3. The van der Waals surface area contributed by atoms with E-state index < -0.39 is 0 Å². The number of nitrogens with one attached hydrogen (secondary N) is 1. The smallest absolute Gasteiger partial charge is 0.269 e. The lowest BCUT2D eigenvalue weighted by Gasteiger charge is -2.11. The summed E-state index contributed by atoms with van der Waals surface area (Å²) < 4.78 is 0. The van der Waals surface area contributed by atoms with Crippen molar-refractivity contribution in [3.63, 3.8) is 0 Å². The van der Waals surface area contributed by atoms with Gasteiger partial charge >= 0.3 is 0 Å². The van der Waals surface area contributed by atoms with Gasteiger partial charge in [-0.3, -0.25) is 10.1 Å². The number of nitro groups is 1. The van der Waals surface area contributed by atoms with Gasteiger partial charge < -0.3 is 5.32 Å². The summed E-state index contributed by atoms with van der Waals surface area (Å²) >= 11 is 0. The van der Waals surface area contributed by atoms with Crippen LogP contribution in [0.4, 0.5) is 5.69 Å². The lowest BCUT2D eigenvalue weighted by atomic mass is 10.1. The van der Waals surface area contributed by atoms with Gasteiger partial charge in [0.15, 0.2) is 0 Å². The van der Waals surface area contributed by atoms with Gasteiger partial charge in [0.1, 0.15) is 0 Å². The first-order valence-electron chi connectivity index (χ1n) is 5.10. The molecule has 1 unspecified atom stereocenters. The Hall–Kier alpha value is -1.13. The third-order valence-electron chi connectivity index (χ3n) is 2.22. The minimum atomic E-state index is -0.360. The summed E-state index contributed by atoms with van der Waals surface area (Å²) in [5.41, 5.74) is 1.16. The van der Waals surface area contributed by atoms with Crippen LogP contribution in [0.5, 0.6) is 0 Å². The van der Waals surface area contributed by atoms with E-state index in [-0.39, 0.29) is 23.0 Å². The molecule has 0 amide bonds. The van der Waals surface area contributed by atoms with Crippen LogP contribution in [0.15, 0.2) is 24.3 Å². The van der Waals surface area contributed by atoms with Gasteiger partial charge in [-0.25, -0.2) is 0 Å². The van der Waals surface area contributed by atoms with Gasteiger partial charge in [0.2, 0.25) is 0 Å². The molecule has 90 valence electrons. The average molecular weight is 245 g/mol. The van der Waals surface area contributed by atoms with Crippen LogP contribution in [0.3, 0.4) is 0 Å². The lowest BCUT2D eigenvalue weighted by Crippen LogP contribution is -2.27. The molecule has 4 nitrogen and oxygen atoms in total. The van der Waals surface area contributed by atoms with Gasteiger partial charge in [0.05, 0.1) is 4.92 Å². The molecule has 5 heteroatoms. The van der Waals surface area contributed by atoms with Gasteiger partial charge in [-0.05, 0) is 25.5 Å². The number of non-ortho nitro benzene ring substituents is 1. The minimum Gasteiger partial charge on any atom is -0.314 e. The standard InChI is InChI=1S/C11H16N2O2.ClH/c1-3-12-9(2)7-10-5-4-6-11(8-10)13(14)15;/h4-6,8-9,12H,3,7H2,1-2H3;1H. The topological polar surface area (TPSA) is 55.2 Å². The molecule has 0 radical (unpaired) electrons. The van der Waals surface area contributed by atoms with Crippen LogP contribution in [0, 0.1) is 10.1 Å². The van der Waals surface area contributed by atoms with E-state index in [0.29, 0.717) is 6.04 Å². The second-order valence-electron chi connectivity index (χ2n) is 3.59. The van der Waals surface area contributed by atoms with Crippen LogP contribution in [0.2, 0.25) is 0 Å². The number of nitro benzene ring substituents is 1. The highest BCUT2D eigenvalue weighted by atomic mass is 35.5. The Labute approximate surface area is 102 Å². The van der Waals surface area contributed by atoms with E-state index in [1.165, 1.54) is 6.07 Å². The van der Waals surface area contributed by atoms with E-state index in [2.05, 4.69) is 12.2 Å². The zero-order valence-electron chi connectivity index (χ0n) is 9.47. The van der Waals surface area contributed by atoms with Gasteiger partial charge in [-0.15, -0.1) is 12.4 Å². The van der Waals surface area contributed by atoms with Crippen molar-refractivity contribution in [3.8, 4) is 0 Å². The summed E-state index contributed by atoms with van der Waals surface area (Å²) in [6.45, 7) is 5.03. The Morgan fingerprint density at radius 3 is 2.75 bits per heavy atom. The van der Waals surface area contributed by atoms with Crippen molar-refractivity contribution in [2.45, 2.75) is 26.3 Å². The quantitative estimate of drug-likeness (QED) is 0.640. The van der Waals surface area contributed by atoms with Crippen molar-refractivity contribution in [3.05, 3.63) is 39.9 Å². The summed E-state index contributed by atoms with van der Waals surface area (Å²) in [5, 5.41) is 13.8. The minimum absolute atomic E-state index is 0. The highest BCUT2D eigenvalue weighted by Crippen LogP contribution is 2.14. The lowest BCUT2D eigenvalue weighted by molar-refractivity contribution is -0.384. The predicted octanol–water partition coefficient (Wildman–Crippen LogP) is 2.56. The van der Waals surface area contributed by atoms with E-state index in [9.17, 15) is 10.1 Å². The van der Waals surface area contributed by atoms with E-state index in [1.807, 2.05) is 13.0 Å². The Morgan fingerprint density at radius 1 is 1.50 bits per heavy atom. The number of halogens is 1. The number of hydrogen-bond acceptors (Lipinski definition) is 3. The Morgan fingerprint density at radius 2 is 2.19 bits per heavy atom. The third kappa shape index (κ3) is 4.59.